The van der Waals surface area contributed by atoms with E-state index in [1.54, 1.807) is 13.3 Å². The molecule has 1 aromatic carbocycles. The number of rotatable bonds is 5. The van der Waals surface area contributed by atoms with Gasteiger partial charge in [-0.05, 0) is 27.7 Å². The molecular formula is C19H22N6O2. The number of H-pyrrole nitrogens is 1. The van der Waals surface area contributed by atoms with Crippen molar-refractivity contribution in [3.63, 3.8) is 0 Å². The van der Waals surface area contributed by atoms with Gasteiger partial charge in [0.05, 0.1) is 6.04 Å². The number of carbonyl (C=O) groups is 1. The van der Waals surface area contributed by atoms with Crippen LogP contribution in [0.5, 0.6) is 0 Å². The van der Waals surface area contributed by atoms with Gasteiger partial charge in [-0.1, -0.05) is 29.8 Å². The maximum absolute atomic E-state index is 12.5. The van der Waals surface area contributed by atoms with Crippen molar-refractivity contribution in [3.05, 3.63) is 64.1 Å². The molecule has 0 saturated heterocycles. The second kappa shape index (κ2) is 7.53. The molecule has 0 aliphatic rings. The molecule has 2 N–H and O–H groups in total. The van der Waals surface area contributed by atoms with E-state index in [1.807, 2.05) is 49.6 Å². The van der Waals surface area contributed by atoms with Crippen molar-refractivity contribution in [2.75, 3.05) is 0 Å². The largest absolute Gasteiger partial charge is 0.342 e. The molecule has 8 nitrogen and oxygen atoms in total. The molecule has 0 fully saturated rings. The van der Waals surface area contributed by atoms with E-state index in [-0.39, 0.29) is 11.6 Å². The fourth-order valence-corrected chi connectivity index (χ4v) is 2.71. The number of hydrogen-bond donors (Lipinski definition) is 2. The Balaban J connectivity index is 1.80. The number of aromatic nitrogens is 5. The number of nitrogens with one attached hydrogen (secondary N) is 2. The summed E-state index contributed by atoms with van der Waals surface area (Å²) < 4.78 is 1.87. The fraction of sp³-hybridized carbons (Fsp3) is 0.316. The molecule has 0 aliphatic carbocycles. The summed E-state index contributed by atoms with van der Waals surface area (Å²) >= 11 is 0. The highest BCUT2D eigenvalue weighted by Crippen LogP contribution is 2.16. The van der Waals surface area contributed by atoms with Crippen molar-refractivity contribution in [2.45, 2.75) is 39.8 Å². The number of nitrogens with zero attached hydrogens (tertiary/aromatic N) is 4. The van der Waals surface area contributed by atoms with Crippen LogP contribution in [0.15, 0.2) is 41.6 Å². The maximum Gasteiger partial charge on any atom is 0.264 e. The lowest BCUT2D eigenvalue weighted by Crippen LogP contribution is -2.33. The predicted octanol–water partition coefficient (Wildman–Crippen LogP) is 2.41. The SMILES string of the molecule is Cc1ccc(-c2ncc(C(=O)N[C@H](C)c3nncn3C(C)C)c(=O)[nH]2)cc1. The third-order valence-corrected chi connectivity index (χ3v) is 4.26. The van der Waals surface area contributed by atoms with Gasteiger partial charge in [-0.25, -0.2) is 4.98 Å². The second-order valence-corrected chi connectivity index (χ2v) is 6.73. The van der Waals surface area contributed by atoms with Crippen LogP contribution in [0.1, 0.15) is 54.6 Å². The normalized spacial score (nSPS) is 12.2. The zero-order chi connectivity index (χ0) is 19.6. The van der Waals surface area contributed by atoms with Gasteiger partial charge in [0.1, 0.15) is 17.7 Å². The molecule has 8 heteroatoms. The lowest BCUT2D eigenvalue weighted by molar-refractivity contribution is 0.0935. The minimum atomic E-state index is -0.509. The summed E-state index contributed by atoms with van der Waals surface area (Å²) in [7, 11) is 0. The van der Waals surface area contributed by atoms with Gasteiger partial charge in [-0.2, -0.15) is 0 Å². The van der Waals surface area contributed by atoms with E-state index in [2.05, 4.69) is 25.5 Å². The van der Waals surface area contributed by atoms with Gasteiger partial charge >= 0.3 is 0 Å². The quantitative estimate of drug-likeness (QED) is 0.721. The first-order chi connectivity index (χ1) is 12.9. The Morgan fingerprint density at radius 1 is 1.19 bits per heavy atom. The van der Waals surface area contributed by atoms with E-state index in [0.717, 1.165) is 11.1 Å². The summed E-state index contributed by atoms with van der Waals surface area (Å²) in [5, 5.41) is 10.7. The molecule has 0 unspecified atom stereocenters. The van der Waals surface area contributed by atoms with Crippen LogP contribution in [0.25, 0.3) is 11.4 Å². The van der Waals surface area contributed by atoms with Gasteiger partial charge in [-0.15, -0.1) is 10.2 Å². The Hall–Kier alpha value is -3.29. The second-order valence-electron chi connectivity index (χ2n) is 6.73. The van der Waals surface area contributed by atoms with Crippen molar-refractivity contribution >= 4 is 5.91 Å². The van der Waals surface area contributed by atoms with E-state index < -0.39 is 17.5 Å². The Morgan fingerprint density at radius 2 is 1.89 bits per heavy atom. The molecule has 0 radical (unpaired) electrons. The summed E-state index contributed by atoms with van der Waals surface area (Å²) in [6.45, 7) is 7.78. The summed E-state index contributed by atoms with van der Waals surface area (Å²) in [5.41, 5.74) is 1.35. The molecule has 0 aliphatic heterocycles. The first-order valence-electron chi connectivity index (χ1n) is 8.73. The highest BCUT2D eigenvalue weighted by atomic mass is 16.2. The summed E-state index contributed by atoms with van der Waals surface area (Å²) in [6.07, 6.45) is 2.91. The van der Waals surface area contributed by atoms with E-state index >= 15 is 0 Å². The zero-order valence-electron chi connectivity index (χ0n) is 15.7. The van der Waals surface area contributed by atoms with Crippen molar-refractivity contribution in [3.8, 4) is 11.4 Å². The van der Waals surface area contributed by atoms with Crippen LogP contribution >= 0.6 is 0 Å². The number of aromatic amines is 1. The molecular weight excluding hydrogens is 344 g/mol. The van der Waals surface area contributed by atoms with Crippen LogP contribution in [0, 0.1) is 6.92 Å². The molecule has 1 atom stereocenters. The standard InChI is InChI=1S/C19H22N6O2/c1-11(2)25-10-21-24-17(25)13(4)22-18(26)15-9-20-16(23-19(15)27)14-7-5-12(3)6-8-14/h5-11,13H,1-4H3,(H,22,26)(H,20,23,27)/t13-/m1/s1. The van der Waals surface area contributed by atoms with Crippen LogP contribution in [-0.4, -0.2) is 30.6 Å². The topological polar surface area (TPSA) is 106 Å². The highest BCUT2D eigenvalue weighted by Gasteiger charge is 2.20. The Morgan fingerprint density at radius 3 is 2.52 bits per heavy atom. The molecule has 0 bridgehead atoms. The molecule has 3 rings (SSSR count). The van der Waals surface area contributed by atoms with Crippen molar-refractivity contribution < 1.29 is 4.79 Å². The van der Waals surface area contributed by atoms with E-state index in [9.17, 15) is 9.59 Å². The van der Waals surface area contributed by atoms with Gasteiger partial charge in [0.25, 0.3) is 11.5 Å². The highest BCUT2D eigenvalue weighted by molar-refractivity contribution is 5.93. The molecule has 1 amide bonds. The average Bonchev–Trinajstić information content (AvgIpc) is 3.12. The van der Waals surface area contributed by atoms with Crippen LogP contribution in [0.3, 0.4) is 0 Å². The molecule has 0 spiro atoms. The lowest BCUT2D eigenvalue weighted by atomic mass is 10.1. The molecule has 27 heavy (non-hydrogen) atoms. The van der Waals surface area contributed by atoms with Crippen molar-refractivity contribution in [1.29, 1.82) is 0 Å². The molecule has 140 valence electrons. The Kier molecular flexibility index (Phi) is 5.16. The average molecular weight is 366 g/mol. The smallest absolute Gasteiger partial charge is 0.264 e. The lowest BCUT2D eigenvalue weighted by Gasteiger charge is -2.16. The first kappa shape index (κ1) is 18.5. The Bertz CT molecular complexity index is 1000. The van der Waals surface area contributed by atoms with E-state index in [0.29, 0.717) is 11.6 Å². The number of benzene rings is 1. The van der Waals surface area contributed by atoms with E-state index in [4.69, 9.17) is 0 Å². The predicted molar refractivity (Wildman–Crippen MR) is 101 cm³/mol. The minimum absolute atomic E-state index is 0.0478. The number of amides is 1. The summed E-state index contributed by atoms with van der Waals surface area (Å²) in [4.78, 5) is 31.8. The number of hydrogen-bond acceptors (Lipinski definition) is 5. The van der Waals surface area contributed by atoms with Crippen molar-refractivity contribution in [1.82, 2.24) is 30.0 Å². The first-order valence-corrected chi connectivity index (χ1v) is 8.73. The van der Waals surface area contributed by atoms with Crippen molar-refractivity contribution in [2.24, 2.45) is 0 Å². The maximum atomic E-state index is 12.5. The van der Waals surface area contributed by atoms with Gasteiger partial charge in [-0.3, -0.25) is 9.59 Å². The molecule has 0 saturated carbocycles. The van der Waals surface area contributed by atoms with Crippen LogP contribution in [-0.2, 0) is 0 Å². The minimum Gasteiger partial charge on any atom is -0.342 e. The third kappa shape index (κ3) is 3.94. The van der Waals surface area contributed by atoms with E-state index in [1.165, 1.54) is 6.20 Å². The number of carbonyl (C=O) groups excluding carboxylic acids is 1. The van der Waals surface area contributed by atoms with Crippen LogP contribution in [0.4, 0.5) is 0 Å². The number of aryl methyl sites for hydroxylation is 1. The third-order valence-electron chi connectivity index (χ3n) is 4.26. The van der Waals surface area contributed by atoms with Crippen LogP contribution in [0.2, 0.25) is 0 Å². The molecule has 3 aromatic rings. The summed E-state index contributed by atoms with van der Waals surface area (Å²) in [6, 6.07) is 7.36. The molecule has 2 aromatic heterocycles. The van der Waals surface area contributed by atoms with Gasteiger partial charge in [0.2, 0.25) is 0 Å². The van der Waals surface area contributed by atoms with Crippen LogP contribution < -0.4 is 10.9 Å². The zero-order valence-corrected chi connectivity index (χ0v) is 15.7. The van der Waals surface area contributed by atoms with Gasteiger partial charge in [0.15, 0.2) is 5.82 Å². The van der Waals surface area contributed by atoms with Gasteiger partial charge < -0.3 is 14.9 Å². The molecule has 2 heterocycles. The monoisotopic (exact) mass is 366 g/mol. The fourth-order valence-electron chi connectivity index (χ4n) is 2.71. The summed E-state index contributed by atoms with van der Waals surface area (Å²) in [5.74, 6) is 0.535. The van der Waals surface area contributed by atoms with Gasteiger partial charge in [0, 0.05) is 17.8 Å². The Labute approximate surface area is 156 Å².